The van der Waals surface area contributed by atoms with E-state index in [-0.39, 0.29) is 11.6 Å². The average Bonchev–Trinajstić information content (AvgIpc) is 3.29. The maximum absolute atomic E-state index is 11.5. The minimum atomic E-state index is -1.61. The van der Waals surface area contributed by atoms with E-state index in [1.54, 1.807) is 31.2 Å². The summed E-state index contributed by atoms with van der Waals surface area (Å²) < 4.78 is 7.38. The number of H-pyrrole nitrogens is 1. The molecule has 0 aliphatic heterocycles. The number of imidazole rings is 1. The summed E-state index contributed by atoms with van der Waals surface area (Å²) >= 11 is 0. The van der Waals surface area contributed by atoms with Crippen LogP contribution in [0.3, 0.4) is 0 Å². The number of aryl methyl sites for hydroxylation is 1. The number of ether oxygens (including phenoxy) is 1. The lowest BCUT2D eigenvalue weighted by atomic mass is 9.91. The second kappa shape index (κ2) is 6.65. The highest BCUT2D eigenvalue weighted by Crippen LogP contribution is 2.40. The quantitative estimate of drug-likeness (QED) is 0.481. The molecule has 0 radical (unpaired) electrons. The monoisotopic (exact) mass is 390 g/mol. The number of nitrogens with zero attached hydrogens (tertiary/aromatic N) is 3. The number of fused-ring (bicyclic) bond motifs is 2. The van der Waals surface area contributed by atoms with E-state index in [0.29, 0.717) is 22.2 Å². The van der Waals surface area contributed by atoms with Gasteiger partial charge in [0.25, 0.3) is 0 Å². The van der Waals surface area contributed by atoms with Gasteiger partial charge in [0.1, 0.15) is 17.2 Å². The SMILES string of the molecule is Cn1ccc2c(C(C)(O)c3nc4ccc(C#N)cc4[nH]3)c(OCC(=O)O)ccc21. The summed E-state index contributed by atoms with van der Waals surface area (Å²) in [5.41, 5.74) is 1.35. The largest absolute Gasteiger partial charge is 0.481 e. The number of carboxylic acid groups (broad SMARTS) is 1. The van der Waals surface area contributed by atoms with E-state index < -0.39 is 18.2 Å². The maximum Gasteiger partial charge on any atom is 0.341 e. The van der Waals surface area contributed by atoms with Gasteiger partial charge in [-0.1, -0.05) is 0 Å². The predicted molar refractivity (Wildman–Crippen MR) is 106 cm³/mol. The zero-order valence-corrected chi connectivity index (χ0v) is 15.8. The number of aliphatic carboxylic acids is 1. The van der Waals surface area contributed by atoms with E-state index in [2.05, 4.69) is 16.0 Å². The Morgan fingerprint density at radius 2 is 2.14 bits per heavy atom. The molecule has 2 aromatic carbocycles. The molecule has 0 amide bonds. The average molecular weight is 390 g/mol. The zero-order chi connectivity index (χ0) is 20.8. The Bertz CT molecular complexity index is 1290. The van der Waals surface area contributed by atoms with Gasteiger partial charge in [-0.2, -0.15) is 5.26 Å². The highest BCUT2D eigenvalue weighted by Gasteiger charge is 2.35. The smallest absolute Gasteiger partial charge is 0.341 e. The minimum Gasteiger partial charge on any atom is -0.481 e. The van der Waals surface area contributed by atoms with E-state index in [9.17, 15) is 9.90 Å². The first-order chi connectivity index (χ1) is 13.8. The van der Waals surface area contributed by atoms with Crippen LogP contribution in [-0.2, 0) is 17.4 Å². The van der Waals surface area contributed by atoms with Crippen LogP contribution in [0.2, 0.25) is 0 Å². The van der Waals surface area contributed by atoms with E-state index in [1.165, 1.54) is 0 Å². The molecule has 0 saturated carbocycles. The number of rotatable bonds is 5. The molecule has 4 rings (SSSR count). The number of aromatic amines is 1. The predicted octanol–water partition coefficient (Wildman–Crippen LogP) is 2.65. The molecule has 0 bridgehead atoms. The molecule has 0 spiro atoms. The van der Waals surface area contributed by atoms with Crippen molar-refractivity contribution in [1.82, 2.24) is 14.5 Å². The number of hydrogen-bond donors (Lipinski definition) is 3. The molecule has 8 nitrogen and oxygen atoms in total. The summed E-state index contributed by atoms with van der Waals surface area (Å²) in [6.45, 7) is 1.04. The van der Waals surface area contributed by atoms with E-state index >= 15 is 0 Å². The van der Waals surface area contributed by atoms with Crippen LogP contribution in [0, 0.1) is 11.3 Å². The maximum atomic E-state index is 11.5. The normalized spacial score (nSPS) is 13.3. The first kappa shape index (κ1) is 18.5. The van der Waals surface area contributed by atoms with E-state index in [1.807, 2.05) is 29.9 Å². The molecule has 0 aliphatic carbocycles. The van der Waals surface area contributed by atoms with Crippen LogP contribution < -0.4 is 4.74 Å². The number of nitrogens with one attached hydrogen (secondary N) is 1. The van der Waals surface area contributed by atoms with Crippen LogP contribution in [0.1, 0.15) is 23.9 Å². The van der Waals surface area contributed by atoms with Gasteiger partial charge >= 0.3 is 5.97 Å². The molecule has 0 aliphatic rings. The van der Waals surface area contributed by atoms with Crippen molar-refractivity contribution in [2.24, 2.45) is 7.05 Å². The Hall–Kier alpha value is -3.83. The van der Waals surface area contributed by atoms with Gasteiger partial charge in [-0.15, -0.1) is 0 Å². The number of carbonyl (C=O) groups is 1. The van der Waals surface area contributed by atoms with E-state index in [0.717, 1.165) is 10.9 Å². The van der Waals surface area contributed by atoms with Crippen molar-refractivity contribution < 1.29 is 19.7 Å². The van der Waals surface area contributed by atoms with Crippen molar-refractivity contribution in [3.63, 3.8) is 0 Å². The third-order valence-electron chi connectivity index (χ3n) is 4.94. The van der Waals surface area contributed by atoms with Crippen LogP contribution in [0.5, 0.6) is 5.75 Å². The Morgan fingerprint density at radius 3 is 2.86 bits per heavy atom. The molecule has 3 N–H and O–H groups in total. The lowest BCUT2D eigenvalue weighted by Gasteiger charge is -2.25. The van der Waals surface area contributed by atoms with Crippen molar-refractivity contribution in [2.45, 2.75) is 12.5 Å². The molecule has 4 aromatic rings. The number of nitriles is 1. The molecule has 1 unspecified atom stereocenters. The Balaban J connectivity index is 1.92. The van der Waals surface area contributed by atoms with Crippen LogP contribution in [0.4, 0.5) is 0 Å². The summed E-state index contributed by atoms with van der Waals surface area (Å²) in [6.07, 6.45) is 1.85. The van der Waals surface area contributed by atoms with Gasteiger partial charge in [0.15, 0.2) is 6.61 Å². The molecule has 0 fully saturated rings. The van der Waals surface area contributed by atoms with Gasteiger partial charge in [-0.3, -0.25) is 0 Å². The highest BCUT2D eigenvalue weighted by atomic mass is 16.5. The Labute approximate surface area is 165 Å². The summed E-state index contributed by atoms with van der Waals surface area (Å²) in [4.78, 5) is 18.6. The lowest BCUT2D eigenvalue weighted by Crippen LogP contribution is -2.26. The van der Waals surface area contributed by atoms with E-state index in [4.69, 9.17) is 15.1 Å². The summed E-state index contributed by atoms with van der Waals surface area (Å²) in [7, 11) is 1.88. The topological polar surface area (TPSA) is 124 Å². The van der Waals surface area contributed by atoms with Crippen LogP contribution in [0.15, 0.2) is 42.6 Å². The fourth-order valence-electron chi connectivity index (χ4n) is 3.52. The second-order valence-corrected chi connectivity index (χ2v) is 6.98. The molecule has 0 saturated heterocycles. The van der Waals surface area contributed by atoms with Crippen LogP contribution >= 0.6 is 0 Å². The number of aromatic nitrogens is 3. The molecule has 2 heterocycles. The molecule has 8 heteroatoms. The van der Waals surface area contributed by atoms with Gasteiger partial charge in [0.05, 0.1) is 22.7 Å². The fraction of sp³-hybridized carbons (Fsp3) is 0.190. The molecule has 2 aromatic heterocycles. The van der Waals surface area contributed by atoms with Gasteiger partial charge in [0.2, 0.25) is 0 Å². The third-order valence-corrected chi connectivity index (χ3v) is 4.94. The van der Waals surface area contributed by atoms with Crippen molar-refractivity contribution >= 4 is 27.9 Å². The molecule has 29 heavy (non-hydrogen) atoms. The highest BCUT2D eigenvalue weighted by molar-refractivity contribution is 5.88. The number of benzene rings is 2. The van der Waals surface area contributed by atoms with Crippen LogP contribution in [0.25, 0.3) is 21.9 Å². The van der Waals surface area contributed by atoms with Gasteiger partial charge in [-0.05, 0) is 43.3 Å². The third kappa shape index (κ3) is 3.07. The number of aliphatic hydroxyl groups is 1. The van der Waals surface area contributed by atoms with Gasteiger partial charge < -0.3 is 24.5 Å². The van der Waals surface area contributed by atoms with Crippen molar-refractivity contribution in [2.75, 3.05) is 6.61 Å². The summed E-state index contributed by atoms with van der Waals surface area (Å²) in [5, 5.41) is 30.4. The first-order valence-electron chi connectivity index (χ1n) is 8.87. The van der Waals surface area contributed by atoms with Crippen molar-refractivity contribution in [3.8, 4) is 11.8 Å². The molecular weight excluding hydrogens is 372 g/mol. The second-order valence-electron chi connectivity index (χ2n) is 6.98. The van der Waals surface area contributed by atoms with Crippen molar-refractivity contribution in [1.29, 1.82) is 5.26 Å². The number of carboxylic acids is 1. The summed E-state index contributed by atoms with van der Waals surface area (Å²) in [6, 6.07) is 12.4. The zero-order valence-electron chi connectivity index (χ0n) is 15.8. The molecular formula is C21H18N4O4. The van der Waals surface area contributed by atoms with Gasteiger partial charge in [0, 0.05) is 29.7 Å². The lowest BCUT2D eigenvalue weighted by molar-refractivity contribution is -0.139. The van der Waals surface area contributed by atoms with Gasteiger partial charge in [-0.25, -0.2) is 9.78 Å². The summed E-state index contributed by atoms with van der Waals surface area (Å²) in [5.74, 6) is -0.593. The molecule has 146 valence electrons. The standard InChI is InChI=1S/C21H18N4O4/c1-21(28,20-23-14-4-3-12(10-22)9-15(14)24-20)19-13-7-8-25(2)16(13)5-6-17(19)29-11-18(26)27/h3-9,28H,11H2,1-2H3,(H,23,24)(H,26,27). The molecule has 1 atom stereocenters. The Kier molecular flexibility index (Phi) is 4.25. The minimum absolute atomic E-state index is 0.259. The first-order valence-corrected chi connectivity index (χ1v) is 8.87. The van der Waals surface area contributed by atoms with Crippen LogP contribution in [-0.4, -0.2) is 37.3 Å². The van der Waals surface area contributed by atoms with Crippen molar-refractivity contribution in [3.05, 3.63) is 59.5 Å². The fourth-order valence-corrected chi connectivity index (χ4v) is 3.52. The Morgan fingerprint density at radius 1 is 1.34 bits per heavy atom. The number of hydrogen-bond acceptors (Lipinski definition) is 5.